The van der Waals surface area contributed by atoms with E-state index in [2.05, 4.69) is 50.7 Å². The van der Waals surface area contributed by atoms with Gasteiger partial charge in [-0.1, -0.05) is 29.8 Å². The van der Waals surface area contributed by atoms with E-state index in [1.807, 2.05) is 18.2 Å². The highest BCUT2D eigenvalue weighted by molar-refractivity contribution is 9.10. The summed E-state index contributed by atoms with van der Waals surface area (Å²) in [4.78, 5) is 3.94. The topological polar surface area (TPSA) is 22.1 Å². The molecule has 0 atom stereocenters. The Balaban J connectivity index is 2.38. The van der Waals surface area contributed by atoms with Gasteiger partial charge in [0.05, 0.1) is 0 Å². The number of rotatable bonds is 3. The van der Waals surface area contributed by atoms with E-state index in [9.17, 15) is 4.39 Å². The quantitative estimate of drug-likeness (QED) is 0.676. The molecule has 0 fully saturated rings. The zero-order valence-electron chi connectivity index (χ0n) is 10.5. The molecule has 2 aromatic rings. The van der Waals surface area contributed by atoms with Gasteiger partial charge in [0.25, 0.3) is 5.88 Å². The third-order valence-corrected chi connectivity index (χ3v) is 3.50. The van der Waals surface area contributed by atoms with E-state index in [4.69, 9.17) is 4.74 Å². The predicted molar refractivity (Wildman–Crippen MR) is 80.2 cm³/mol. The molecule has 5 heteroatoms. The maximum atomic E-state index is 13.7. The molecule has 0 unspecified atom stereocenters. The van der Waals surface area contributed by atoms with Crippen molar-refractivity contribution in [3.63, 3.8) is 0 Å². The van der Waals surface area contributed by atoms with Crippen molar-refractivity contribution in [3.05, 3.63) is 50.8 Å². The van der Waals surface area contributed by atoms with Crippen molar-refractivity contribution < 1.29 is 9.13 Å². The molecule has 100 valence electrons. The van der Waals surface area contributed by atoms with Gasteiger partial charge in [0, 0.05) is 15.1 Å². The summed E-state index contributed by atoms with van der Waals surface area (Å²) in [6.07, 6.45) is 1.51. The predicted octanol–water partition coefficient (Wildman–Crippen LogP) is 5.66. The summed E-state index contributed by atoms with van der Waals surface area (Å²) < 4.78 is 20.9. The Kier molecular flexibility index (Phi) is 4.58. The molecule has 0 amide bonds. The van der Waals surface area contributed by atoms with E-state index in [-0.39, 0.29) is 11.8 Å². The molecule has 0 radical (unpaired) electrons. The molecule has 0 spiro atoms. The molecule has 0 saturated heterocycles. The molecule has 0 saturated carbocycles. The number of hydrogen-bond acceptors (Lipinski definition) is 2. The number of hydrogen-bond donors (Lipinski definition) is 0. The van der Waals surface area contributed by atoms with Crippen LogP contribution in [0.1, 0.15) is 25.3 Å². The van der Waals surface area contributed by atoms with Gasteiger partial charge in [-0.25, -0.2) is 9.37 Å². The summed E-state index contributed by atoms with van der Waals surface area (Å²) in [7, 11) is 0. The number of aromatic nitrogens is 1. The molecule has 0 aliphatic rings. The second kappa shape index (κ2) is 6.01. The van der Waals surface area contributed by atoms with Gasteiger partial charge in [0.2, 0.25) is 0 Å². The standard InChI is InChI=1S/C14H12Br2FNO/c1-8(2)11-5-9(15)3-4-13(11)19-14-12(17)6-10(16)7-18-14/h3-8H,1-2H3. The highest BCUT2D eigenvalue weighted by atomic mass is 79.9. The lowest BCUT2D eigenvalue weighted by Gasteiger charge is -2.14. The van der Waals surface area contributed by atoms with Crippen molar-refractivity contribution in [2.75, 3.05) is 0 Å². The Morgan fingerprint density at radius 1 is 1.16 bits per heavy atom. The Bertz CT molecular complexity index is 602. The minimum Gasteiger partial charge on any atom is -0.436 e. The number of halogens is 3. The smallest absolute Gasteiger partial charge is 0.255 e. The molecular weight excluding hydrogens is 377 g/mol. The number of nitrogens with zero attached hydrogens (tertiary/aromatic N) is 1. The average molecular weight is 389 g/mol. The summed E-state index contributed by atoms with van der Waals surface area (Å²) >= 11 is 6.59. The maximum absolute atomic E-state index is 13.7. The molecule has 0 aliphatic carbocycles. The van der Waals surface area contributed by atoms with Crippen LogP contribution in [0, 0.1) is 5.82 Å². The molecule has 19 heavy (non-hydrogen) atoms. The van der Waals surface area contributed by atoms with Gasteiger partial charge < -0.3 is 4.74 Å². The van der Waals surface area contributed by atoms with Crippen LogP contribution >= 0.6 is 31.9 Å². The Hall–Kier alpha value is -0.940. The Labute approximate surface area is 128 Å². The van der Waals surface area contributed by atoms with Gasteiger partial charge in [-0.05, 0) is 51.7 Å². The first-order valence-corrected chi connectivity index (χ1v) is 7.34. The first-order chi connectivity index (χ1) is 8.97. The first kappa shape index (κ1) is 14.5. The van der Waals surface area contributed by atoms with E-state index < -0.39 is 5.82 Å². The highest BCUT2D eigenvalue weighted by Crippen LogP contribution is 2.33. The third-order valence-electron chi connectivity index (χ3n) is 2.57. The molecule has 1 heterocycles. The minimum absolute atomic E-state index is 0.0209. The van der Waals surface area contributed by atoms with Gasteiger partial charge in [0.15, 0.2) is 5.82 Å². The summed E-state index contributed by atoms with van der Waals surface area (Å²) in [5, 5.41) is 0. The van der Waals surface area contributed by atoms with E-state index in [1.165, 1.54) is 12.3 Å². The zero-order valence-corrected chi connectivity index (χ0v) is 13.6. The van der Waals surface area contributed by atoms with Crippen LogP contribution in [0.3, 0.4) is 0 Å². The van der Waals surface area contributed by atoms with Crippen LogP contribution in [0.4, 0.5) is 4.39 Å². The molecule has 1 aromatic carbocycles. The minimum atomic E-state index is -0.494. The number of pyridine rings is 1. The van der Waals surface area contributed by atoms with Gasteiger partial charge in [-0.2, -0.15) is 0 Å². The number of benzene rings is 1. The highest BCUT2D eigenvalue weighted by Gasteiger charge is 2.13. The second-order valence-corrected chi connectivity index (χ2v) is 6.21. The Morgan fingerprint density at radius 3 is 2.53 bits per heavy atom. The van der Waals surface area contributed by atoms with Crippen LogP contribution in [0.5, 0.6) is 11.6 Å². The van der Waals surface area contributed by atoms with Gasteiger partial charge in [-0.3, -0.25) is 0 Å². The second-order valence-electron chi connectivity index (χ2n) is 4.38. The fourth-order valence-corrected chi connectivity index (χ4v) is 2.33. The normalized spacial score (nSPS) is 10.8. The molecule has 0 N–H and O–H groups in total. The SMILES string of the molecule is CC(C)c1cc(Br)ccc1Oc1ncc(Br)cc1F. The lowest BCUT2D eigenvalue weighted by molar-refractivity contribution is 0.416. The lowest BCUT2D eigenvalue weighted by Crippen LogP contribution is -1.97. The van der Waals surface area contributed by atoms with Crippen LogP contribution in [0.2, 0.25) is 0 Å². The van der Waals surface area contributed by atoms with E-state index in [0.29, 0.717) is 10.2 Å². The monoisotopic (exact) mass is 387 g/mol. The zero-order chi connectivity index (χ0) is 14.0. The summed E-state index contributed by atoms with van der Waals surface area (Å²) in [5.41, 5.74) is 0.999. The fraction of sp³-hybridized carbons (Fsp3) is 0.214. The largest absolute Gasteiger partial charge is 0.436 e. The van der Waals surface area contributed by atoms with Crippen molar-refractivity contribution >= 4 is 31.9 Å². The van der Waals surface area contributed by atoms with Gasteiger partial charge >= 0.3 is 0 Å². The summed E-state index contributed by atoms with van der Waals surface area (Å²) in [6.45, 7) is 4.11. The maximum Gasteiger partial charge on any atom is 0.255 e. The van der Waals surface area contributed by atoms with Crippen molar-refractivity contribution in [1.82, 2.24) is 4.98 Å². The molecule has 2 rings (SSSR count). The summed E-state index contributed by atoms with van der Waals surface area (Å²) in [5.74, 6) is 0.373. The molecule has 1 aromatic heterocycles. The lowest BCUT2D eigenvalue weighted by atomic mass is 10.0. The third kappa shape index (κ3) is 3.54. The van der Waals surface area contributed by atoms with Crippen LogP contribution < -0.4 is 4.74 Å². The summed E-state index contributed by atoms with van der Waals surface area (Å²) in [6, 6.07) is 6.97. The van der Waals surface area contributed by atoms with E-state index in [0.717, 1.165) is 10.0 Å². The molecule has 2 nitrogen and oxygen atoms in total. The fourth-order valence-electron chi connectivity index (χ4n) is 1.64. The van der Waals surface area contributed by atoms with E-state index >= 15 is 0 Å². The van der Waals surface area contributed by atoms with Crippen molar-refractivity contribution in [3.8, 4) is 11.6 Å². The van der Waals surface area contributed by atoms with Gasteiger partial charge in [-0.15, -0.1) is 0 Å². The molecular formula is C14H12Br2FNO. The van der Waals surface area contributed by atoms with Crippen molar-refractivity contribution in [2.45, 2.75) is 19.8 Å². The first-order valence-electron chi connectivity index (χ1n) is 5.75. The van der Waals surface area contributed by atoms with Crippen molar-refractivity contribution in [2.24, 2.45) is 0 Å². The van der Waals surface area contributed by atoms with Crippen LogP contribution in [0.25, 0.3) is 0 Å². The van der Waals surface area contributed by atoms with Crippen LogP contribution in [0.15, 0.2) is 39.4 Å². The Morgan fingerprint density at radius 2 is 1.89 bits per heavy atom. The molecule has 0 aliphatic heterocycles. The van der Waals surface area contributed by atoms with Crippen molar-refractivity contribution in [1.29, 1.82) is 0 Å². The number of ether oxygens (including phenoxy) is 1. The van der Waals surface area contributed by atoms with Gasteiger partial charge in [0.1, 0.15) is 5.75 Å². The van der Waals surface area contributed by atoms with Crippen LogP contribution in [-0.2, 0) is 0 Å². The van der Waals surface area contributed by atoms with Crippen LogP contribution in [-0.4, -0.2) is 4.98 Å². The average Bonchev–Trinajstić information content (AvgIpc) is 2.34. The van der Waals surface area contributed by atoms with E-state index in [1.54, 1.807) is 0 Å². The molecule has 0 bridgehead atoms.